The van der Waals surface area contributed by atoms with Crippen molar-refractivity contribution in [1.29, 1.82) is 0 Å². The molecule has 1 amide bonds. The van der Waals surface area contributed by atoms with Crippen molar-refractivity contribution in [1.82, 2.24) is 15.3 Å². The number of aliphatic hydroxyl groups excluding tert-OH is 1. The average Bonchev–Trinajstić information content (AvgIpc) is 2.44. The topological polar surface area (TPSA) is 75.1 Å². The number of nitrogens with zero attached hydrogens (tertiary/aromatic N) is 2. The van der Waals surface area contributed by atoms with Gasteiger partial charge in [0.25, 0.3) is 11.8 Å². The Morgan fingerprint density at radius 2 is 2.00 bits per heavy atom. The molecular formula is C12H11F2N3O2. The molecule has 0 fully saturated rings. The third-order valence-corrected chi connectivity index (χ3v) is 2.42. The second-order valence-corrected chi connectivity index (χ2v) is 3.94. The summed E-state index contributed by atoms with van der Waals surface area (Å²) >= 11 is 0. The maximum Gasteiger partial charge on any atom is 0.287 e. The van der Waals surface area contributed by atoms with Crippen LogP contribution in [-0.2, 0) is 0 Å². The van der Waals surface area contributed by atoms with Crippen molar-refractivity contribution in [3.63, 3.8) is 0 Å². The fourth-order valence-corrected chi connectivity index (χ4v) is 1.42. The van der Waals surface area contributed by atoms with Gasteiger partial charge in [0.1, 0.15) is 12.3 Å². The highest BCUT2D eigenvalue weighted by Crippen LogP contribution is 2.11. The monoisotopic (exact) mass is 267 g/mol. The van der Waals surface area contributed by atoms with E-state index in [1.807, 2.05) is 5.32 Å². The fraction of sp³-hybridized carbons (Fsp3) is 0.250. The smallest absolute Gasteiger partial charge is 0.287 e. The molecule has 1 aromatic carbocycles. The van der Waals surface area contributed by atoms with Gasteiger partial charge in [-0.3, -0.25) is 9.78 Å². The summed E-state index contributed by atoms with van der Waals surface area (Å²) in [6.07, 6.45) is 1.22. The Labute approximate surface area is 107 Å². The lowest BCUT2D eigenvalue weighted by atomic mass is 10.3. The van der Waals surface area contributed by atoms with Crippen LogP contribution in [0, 0.1) is 0 Å². The molecule has 5 nitrogen and oxygen atoms in total. The normalized spacial score (nSPS) is 11.5. The van der Waals surface area contributed by atoms with Gasteiger partial charge in [-0.25, -0.2) is 13.8 Å². The molecule has 0 atom stereocenters. The summed E-state index contributed by atoms with van der Waals surface area (Å²) in [6, 6.07) is 6.91. The summed E-state index contributed by atoms with van der Waals surface area (Å²) in [5.41, 5.74) is 1.07. The second kappa shape index (κ2) is 5.23. The van der Waals surface area contributed by atoms with E-state index in [1.165, 1.54) is 6.20 Å². The predicted molar refractivity (Wildman–Crippen MR) is 63.9 cm³/mol. The van der Waals surface area contributed by atoms with Crippen LogP contribution in [0.3, 0.4) is 0 Å². The van der Waals surface area contributed by atoms with Crippen LogP contribution in [-0.4, -0.2) is 40.1 Å². The molecule has 0 saturated carbocycles. The van der Waals surface area contributed by atoms with Crippen molar-refractivity contribution in [3.8, 4) is 0 Å². The number of nitrogens with one attached hydrogen (secondary N) is 1. The van der Waals surface area contributed by atoms with Crippen LogP contribution in [0.15, 0.2) is 30.5 Å². The van der Waals surface area contributed by atoms with Crippen molar-refractivity contribution < 1.29 is 18.7 Å². The first-order valence-electron chi connectivity index (χ1n) is 5.50. The Hall–Kier alpha value is -2.15. The van der Waals surface area contributed by atoms with E-state index >= 15 is 0 Å². The molecule has 0 aliphatic rings. The minimum atomic E-state index is -3.35. The van der Waals surface area contributed by atoms with E-state index in [1.54, 1.807) is 24.3 Å². The molecule has 0 saturated heterocycles. The lowest BCUT2D eigenvalue weighted by Gasteiger charge is -2.13. The maximum absolute atomic E-state index is 12.8. The number of amides is 1. The van der Waals surface area contributed by atoms with Crippen LogP contribution >= 0.6 is 0 Å². The molecule has 0 radical (unpaired) electrons. The molecule has 0 spiro atoms. The average molecular weight is 267 g/mol. The zero-order valence-electron chi connectivity index (χ0n) is 9.81. The molecule has 100 valence electrons. The van der Waals surface area contributed by atoms with Crippen molar-refractivity contribution in [2.45, 2.75) is 5.92 Å². The number of aliphatic hydroxyl groups is 1. The van der Waals surface area contributed by atoms with E-state index in [2.05, 4.69) is 9.97 Å². The zero-order valence-corrected chi connectivity index (χ0v) is 9.81. The number of para-hydroxylation sites is 2. The quantitative estimate of drug-likeness (QED) is 0.866. The molecule has 0 aliphatic carbocycles. The van der Waals surface area contributed by atoms with Gasteiger partial charge in [-0.1, -0.05) is 12.1 Å². The van der Waals surface area contributed by atoms with E-state index in [0.29, 0.717) is 11.0 Å². The van der Waals surface area contributed by atoms with Crippen molar-refractivity contribution in [2.24, 2.45) is 0 Å². The molecule has 0 aliphatic heterocycles. The first kappa shape index (κ1) is 13.3. The molecule has 1 heterocycles. The Morgan fingerprint density at radius 1 is 1.32 bits per heavy atom. The number of hydrogen-bond acceptors (Lipinski definition) is 4. The van der Waals surface area contributed by atoms with Gasteiger partial charge in [-0.05, 0) is 12.1 Å². The number of hydrogen-bond donors (Lipinski definition) is 2. The first-order valence-corrected chi connectivity index (χ1v) is 5.50. The summed E-state index contributed by atoms with van der Waals surface area (Å²) in [5.74, 6) is -4.11. The molecule has 0 unspecified atom stereocenters. The van der Waals surface area contributed by atoms with Crippen LogP contribution in [0.4, 0.5) is 8.78 Å². The van der Waals surface area contributed by atoms with Crippen LogP contribution in [0.1, 0.15) is 10.5 Å². The van der Waals surface area contributed by atoms with E-state index in [0.717, 1.165) is 0 Å². The SMILES string of the molecule is O=C(NCC(F)(F)CO)c1cnc2ccccc2n1. The lowest BCUT2D eigenvalue weighted by Crippen LogP contribution is -2.39. The second-order valence-electron chi connectivity index (χ2n) is 3.94. The highest BCUT2D eigenvalue weighted by Gasteiger charge is 2.28. The Morgan fingerprint density at radius 3 is 2.68 bits per heavy atom. The Bertz CT molecular complexity index is 604. The Balaban J connectivity index is 2.13. The highest BCUT2D eigenvalue weighted by molar-refractivity contribution is 5.93. The number of aromatic nitrogens is 2. The van der Waals surface area contributed by atoms with Crippen LogP contribution in [0.5, 0.6) is 0 Å². The van der Waals surface area contributed by atoms with Gasteiger partial charge in [0.2, 0.25) is 0 Å². The van der Waals surface area contributed by atoms with Gasteiger partial charge < -0.3 is 10.4 Å². The number of carbonyl (C=O) groups excluding carboxylic acids is 1. The number of alkyl halides is 2. The third kappa shape index (κ3) is 3.19. The van der Waals surface area contributed by atoms with Gasteiger partial charge in [0.05, 0.1) is 23.8 Å². The molecule has 7 heteroatoms. The first-order chi connectivity index (χ1) is 9.02. The fourth-order valence-electron chi connectivity index (χ4n) is 1.42. The predicted octanol–water partition coefficient (Wildman–Crippen LogP) is 0.987. The third-order valence-electron chi connectivity index (χ3n) is 2.42. The largest absolute Gasteiger partial charge is 0.390 e. The molecule has 19 heavy (non-hydrogen) atoms. The van der Waals surface area contributed by atoms with Gasteiger partial charge >= 0.3 is 0 Å². The summed E-state index contributed by atoms with van der Waals surface area (Å²) in [5, 5.41) is 10.4. The van der Waals surface area contributed by atoms with E-state index in [9.17, 15) is 13.6 Å². The van der Waals surface area contributed by atoms with Crippen LogP contribution < -0.4 is 5.32 Å². The molecule has 2 aromatic rings. The van der Waals surface area contributed by atoms with Gasteiger partial charge in [0.15, 0.2) is 0 Å². The zero-order chi connectivity index (χ0) is 13.9. The number of carbonyl (C=O) groups is 1. The number of benzene rings is 1. The molecule has 0 bridgehead atoms. The summed E-state index contributed by atoms with van der Waals surface area (Å²) < 4.78 is 25.6. The Kier molecular flexibility index (Phi) is 3.66. The molecule has 2 rings (SSSR count). The van der Waals surface area contributed by atoms with Gasteiger partial charge in [0, 0.05) is 0 Å². The minimum Gasteiger partial charge on any atom is -0.390 e. The number of rotatable bonds is 4. The van der Waals surface area contributed by atoms with Gasteiger partial charge in [-0.2, -0.15) is 0 Å². The summed E-state index contributed by atoms with van der Waals surface area (Å²) in [4.78, 5) is 19.6. The number of fused-ring (bicyclic) bond motifs is 1. The highest BCUT2D eigenvalue weighted by atomic mass is 19.3. The molecular weight excluding hydrogens is 256 g/mol. The van der Waals surface area contributed by atoms with Gasteiger partial charge in [-0.15, -0.1) is 0 Å². The van der Waals surface area contributed by atoms with Crippen molar-refractivity contribution in [2.75, 3.05) is 13.2 Å². The van der Waals surface area contributed by atoms with Crippen molar-refractivity contribution >= 4 is 16.9 Å². The minimum absolute atomic E-state index is 0.0487. The van der Waals surface area contributed by atoms with E-state index in [4.69, 9.17) is 5.11 Å². The molecule has 2 N–H and O–H groups in total. The molecule has 1 aromatic heterocycles. The number of halogens is 2. The lowest BCUT2D eigenvalue weighted by molar-refractivity contribution is -0.0462. The van der Waals surface area contributed by atoms with E-state index in [-0.39, 0.29) is 5.69 Å². The van der Waals surface area contributed by atoms with Crippen LogP contribution in [0.2, 0.25) is 0 Å². The van der Waals surface area contributed by atoms with Crippen molar-refractivity contribution in [3.05, 3.63) is 36.2 Å². The maximum atomic E-state index is 12.8. The van der Waals surface area contributed by atoms with E-state index < -0.39 is 25.0 Å². The standard InChI is InChI=1S/C12H11F2N3O2/c13-12(14,7-18)6-16-11(19)10-5-15-8-3-1-2-4-9(8)17-10/h1-5,18H,6-7H2,(H,16,19). The summed E-state index contributed by atoms with van der Waals surface area (Å²) in [7, 11) is 0. The summed E-state index contributed by atoms with van der Waals surface area (Å²) in [6.45, 7) is -2.27. The van der Waals surface area contributed by atoms with Crippen LogP contribution in [0.25, 0.3) is 11.0 Å².